The van der Waals surface area contributed by atoms with Crippen LogP contribution in [0.2, 0.25) is 0 Å². The molecular weight excluding hydrogens is 252 g/mol. The van der Waals surface area contributed by atoms with Crippen molar-refractivity contribution in [2.75, 3.05) is 19.0 Å². The minimum atomic E-state index is -1.22. The van der Waals surface area contributed by atoms with Crippen molar-refractivity contribution in [2.24, 2.45) is 0 Å². The Balaban J connectivity index is 2.65. The Morgan fingerprint density at radius 1 is 1.20 bits per heavy atom. The number of aliphatic carboxylic acids is 1. The number of carboxylic acids is 1. The van der Waals surface area contributed by atoms with E-state index in [4.69, 9.17) is 10.4 Å². The Morgan fingerprint density at radius 3 is 2.35 bits per heavy atom. The van der Waals surface area contributed by atoms with Crippen LogP contribution in [0.15, 0.2) is 54.1 Å². The summed E-state index contributed by atoms with van der Waals surface area (Å²) in [5, 5.41) is 17.2. The van der Waals surface area contributed by atoms with E-state index in [1.165, 1.54) is 12.2 Å². The maximum atomic E-state index is 10.6. The second-order valence-electron chi connectivity index (χ2n) is 4.23. The standard InChI is InChI=1S/C16H16N2O2/c1-18(2)15-10-8-13(9-11-15)6-4-3-5-7-14(12-17)16(19)20/h3-11H,1-2H3,(H,19,20)/b5-3+,6-4+,14-7+. The van der Waals surface area contributed by atoms with Crippen molar-refractivity contribution >= 4 is 17.7 Å². The number of rotatable bonds is 5. The van der Waals surface area contributed by atoms with Gasteiger partial charge in [-0.3, -0.25) is 0 Å². The first kappa shape index (κ1) is 15.3. The lowest BCUT2D eigenvalue weighted by Gasteiger charge is -2.11. The molecule has 102 valence electrons. The fourth-order valence-corrected chi connectivity index (χ4v) is 1.42. The minimum absolute atomic E-state index is 0.287. The largest absolute Gasteiger partial charge is 0.477 e. The van der Waals surface area contributed by atoms with Crippen LogP contribution < -0.4 is 4.90 Å². The molecule has 0 aromatic heterocycles. The van der Waals surface area contributed by atoms with Crippen molar-refractivity contribution in [3.8, 4) is 6.07 Å². The molecule has 0 saturated heterocycles. The van der Waals surface area contributed by atoms with E-state index in [0.29, 0.717) is 0 Å². The van der Waals surface area contributed by atoms with E-state index in [-0.39, 0.29) is 5.57 Å². The minimum Gasteiger partial charge on any atom is -0.477 e. The van der Waals surface area contributed by atoms with Crippen molar-refractivity contribution in [3.63, 3.8) is 0 Å². The molecule has 0 atom stereocenters. The number of anilines is 1. The molecular formula is C16H16N2O2. The average molecular weight is 268 g/mol. The molecule has 0 amide bonds. The lowest BCUT2D eigenvalue weighted by Crippen LogP contribution is -2.07. The highest BCUT2D eigenvalue weighted by Crippen LogP contribution is 2.13. The molecule has 0 bridgehead atoms. The SMILES string of the molecule is CN(C)c1ccc(/C=C/C=C/C=C(\C#N)C(=O)O)cc1. The lowest BCUT2D eigenvalue weighted by atomic mass is 10.2. The Labute approximate surface area is 118 Å². The summed E-state index contributed by atoms with van der Waals surface area (Å²) in [6.45, 7) is 0. The van der Waals surface area contributed by atoms with Crippen LogP contribution in [0, 0.1) is 11.3 Å². The third-order valence-electron chi connectivity index (χ3n) is 2.53. The summed E-state index contributed by atoms with van der Waals surface area (Å²) in [5.41, 5.74) is 1.88. The third-order valence-corrected chi connectivity index (χ3v) is 2.53. The first-order valence-electron chi connectivity index (χ1n) is 6.00. The van der Waals surface area contributed by atoms with Crippen LogP contribution >= 0.6 is 0 Å². The summed E-state index contributed by atoms with van der Waals surface area (Å²) in [6, 6.07) is 9.63. The van der Waals surface area contributed by atoms with Gasteiger partial charge in [-0.25, -0.2) is 4.79 Å². The van der Waals surface area contributed by atoms with Gasteiger partial charge in [0.25, 0.3) is 0 Å². The van der Waals surface area contributed by atoms with E-state index in [1.807, 2.05) is 49.3 Å². The second-order valence-corrected chi connectivity index (χ2v) is 4.23. The van der Waals surface area contributed by atoms with Gasteiger partial charge in [0.15, 0.2) is 0 Å². The summed E-state index contributed by atoms with van der Waals surface area (Å²) in [4.78, 5) is 12.6. The van der Waals surface area contributed by atoms with Gasteiger partial charge in [0, 0.05) is 19.8 Å². The molecule has 0 heterocycles. The first-order valence-corrected chi connectivity index (χ1v) is 6.00. The molecule has 1 N–H and O–H groups in total. The molecule has 1 aromatic rings. The van der Waals surface area contributed by atoms with Crippen LogP contribution in [-0.4, -0.2) is 25.2 Å². The summed E-state index contributed by atoms with van der Waals surface area (Å²) in [6.07, 6.45) is 8.16. The van der Waals surface area contributed by atoms with Crippen molar-refractivity contribution in [1.82, 2.24) is 0 Å². The molecule has 0 saturated carbocycles. The van der Waals surface area contributed by atoms with E-state index in [9.17, 15) is 4.79 Å². The zero-order valence-corrected chi connectivity index (χ0v) is 11.4. The van der Waals surface area contributed by atoms with Crippen LogP contribution in [0.1, 0.15) is 5.56 Å². The fraction of sp³-hybridized carbons (Fsp3) is 0.125. The predicted molar refractivity (Wildman–Crippen MR) is 80.3 cm³/mol. The third kappa shape index (κ3) is 4.83. The normalized spacial score (nSPS) is 11.8. The Bertz CT molecular complexity index is 588. The van der Waals surface area contributed by atoms with E-state index in [1.54, 1.807) is 18.2 Å². The molecule has 0 aliphatic rings. The van der Waals surface area contributed by atoms with E-state index in [2.05, 4.69) is 0 Å². The Kier molecular flexibility index (Phi) is 5.79. The average Bonchev–Trinajstić information content (AvgIpc) is 2.42. The molecule has 0 aliphatic heterocycles. The quantitative estimate of drug-likeness (QED) is 0.506. The smallest absolute Gasteiger partial charge is 0.346 e. The van der Waals surface area contributed by atoms with E-state index < -0.39 is 5.97 Å². The molecule has 0 spiro atoms. The molecule has 20 heavy (non-hydrogen) atoms. The maximum absolute atomic E-state index is 10.6. The van der Waals surface area contributed by atoms with Crippen molar-refractivity contribution in [1.29, 1.82) is 5.26 Å². The Hall–Kier alpha value is -2.80. The van der Waals surface area contributed by atoms with Crippen molar-refractivity contribution < 1.29 is 9.90 Å². The van der Waals surface area contributed by atoms with Crippen LogP contribution in [0.5, 0.6) is 0 Å². The Morgan fingerprint density at radius 2 is 1.85 bits per heavy atom. The highest BCUT2D eigenvalue weighted by atomic mass is 16.4. The van der Waals surface area contributed by atoms with Crippen LogP contribution in [0.4, 0.5) is 5.69 Å². The van der Waals surface area contributed by atoms with Gasteiger partial charge < -0.3 is 10.0 Å². The highest BCUT2D eigenvalue weighted by Gasteiger charge is 2.01. The van der Waals surface area contributed by atoms with Crippen molar-refractivity contribution in [2.45, 2.75) is 0 Å². The van der Waals surface area contributed by atoms with Gasteiger partial charge in [-0.15, -0.1) is 0 Å². The molecule has 0 radical (unpaired) electrons. The first-order chi connectivity index (χ1) is 9.54. The van der Waals surface area contributed by atoms with E-state index in [0.717, 1.165) is 11.3 Å². The second kappa shape index (κ2) is 7.59. The summed E-state index contributed by atoms with van der Waals surface area (Å²) in [7, 11) is 3.96. The van der Waals surface area contributed by atoms with Crippen LogP contribution in [0.25, 0.3) is 6.08 Å². The van der Waals surface area contributed by atoms with Gasteiger partial charge >= 0.3 is 5.97 Å². The van der Waals surface area contributed by atoms with Gasteiger partial charge in [0.05, 0.1) is 0 Å². The summed E-state index contributed by atoms with van der Waals surface area (Å²) >= 11 is 0. The monoisotopic (exact) mass is 268 g/mol. The van der Waals surface area contributed by atoms with Gasteiger partial charge in [-0.2, -0.15) is 5.26 Å². The number of benzene rings is 1. The molecule has 0 aliphatic carbocycles. The van der Waals surface area contributed by atoms with Gasteiger partial charge in [-0.05, 0) is 23.8 Å². The number of nitriles is 1. The molecule has 0 unspecified atom stereocenters. The number of carboxylic acid groups (broad SMARTS) is 1. The number of hydrogen-bond acceptors (Lipinski definition) is 3. The predicted octanol–water partition coefficient (Wildman–Crippen LogP) is 2.86. The number of hydrogen-bond donors (Lipinski definition) is 1. The van der Waals surface area contributed by atoms with Crippen LogP contribution in [0.3, 0.4) is 0 Å². The summed E-state index contributed by atoms with van der Waals surface area (Å²) in [5.74, 6) is -1.22. The summed E-state index contributed by atoms with van der Waals surface area (Å²) < 4.78 is 0. The van der Waals surface area contributed by atoms with Gasteiger partial charge in [0.2, 0.25) is 0 Å². The molecule has 4 nitrogen and oxygen atoms in total. The van der Waals surface area contributed by atoms with Gasteiger partial charge in [0.1, 0.15) is 11.6 Å². The van der Waals surface area contributed by atoms with E-state index >= 15 is 0 Å². The molecule has 0 fully saturated rings. The zero-order chi connectivity index (χ0) is 15.0. The number of allylic oxidation sites excluding steroid dienone is 4. The molecule has 4 heteroatoms. The number of carbonyl (C=O) groups is 1. The van der Waals surface area contributed by atoms with Gasteiger partial charge in [-0.1, -0.05) is 36.4 Å². The number of nitrogens with zero attached hydrogens (tertiary/aromatic N) is 2. The maximum Gasteiger partial charge on any atom is 0.346 e. The lowest BCUT2D eigenvalue weighted by molar-refractivity contribution is -0.132. The topological polar surface area (TPSA) is 64.3 Å². The van der Waals surface area contributed by atoms with Crippen molar-refractivity contribution in [3.05, 3.63) is 59.7 Å². The highest BCUT2D eigenvalue weighted by molar-refractivity contribution is 5.91. The fourth-order valence-electron chi connectivity index (χ4n) is 1.42. The molecule has 1 rings (SSSR count). The zero-order valence-electron chi connectivity index (χ0n) is 11.4. The van der Waals surface area contributed by atoms with Crippen LogP contribution in [-0.2, 0) is 4.79 Å². The molecule has 1 aromatic carbocycles.